The van der Waals surface area contributed by atoms with Gasteiger partial charge in [-0.1, -0.05) is 97.1 Å². The summed E-state index contributed by atoms with van der Waals surface area (Å²) < 4.78 is 2.03. The van der Waals surface area contributed by atoms with E-state index in [1.165, 1.54) is 17.3 Å². The predicted molar refractivity (Wildman–Crippen MR) is 225 cm³/mol. The van der Waals surface area contributed by atoms with Crippen LogP contribution in [0.5, 0.6) is 0 Å². The second-order valence-electron chi connectivity index (χ2n) is 14.1. The molecule has 2 amide bonds. The molecule has 8 nitrogen and oxygen atoms in total. The van der Waals surface area contributed by atoms with Crippen molar-refractivity contribution in [3.63, 3.8) is 0 Å². The average molecular weight is 745 g/mol. The van der Waals surface area contributed by atoms with Gasteiger partial charge in [0.15, 0.2) is 0 Å². The smallest absolute Gasteiger partial charge is 0.268 e. The fourth-order valence-electron chi connectivity index (χ4n) is 8.02. The van der Waals surface area contributed by atoms with Crippen LogP contribution in [0.15, 0.2) is 170 Å². The molecule has 0 radical (unpaired) electrons. The van der Waals surface area contributed by atoms with Crippen molar-refractivity contribution in [2.24, 2.45) is 0 Å². The number of nitrogens with zero attached hydrogens (tertiary/aromatic N) is 6. The molecule has 270 valence electrons. The third-order valence-corrected chi connectivity index (χ3v) is 10.7. The van der Waals surface area contributed by atoms with E-state index >= 15 is 4.79 Å². The minimum atomic E-state index is -0.431. The summed E-state index contributed by atoms with van der Waals surface area (Å²) in [5.74, 6) is -0.841. The number of rotatable bonds is 6. The molecular formula is C50H28N6O2. The monoisotopic (exact) mass is 744 g/mol. The van der Waals surface area contributed by atoms with Crippen molar-refractivity contribution in [1.82, 2.24) is 14.5 Å². The van der Waals surface area contributed by atoms with E-state index in [0.29, 0.717) is 28.1 Å². The summed E-state index contributed by atoms with van der Waals surface area (Å²) in [6.45, 7) is 0. The number of hydrogen-bond donors (Lipinski definition) is 0. The molecule has 3 aromatic heterocycles. The maximum absolute atomic E-state index is 15.1. The lowest BCUT2D eigenvalue weighted by Crippen LogP contribution is -2.30. The third kappa shape index (κ3) is 5.52. The second kappa shape index (κ2) is 13.7. The van der Waals surface area contributed by atoms with Gasteiger partial charge in [-0.2, -0.15) is 10.5 Å². The number of pyridine rings is 2. The van der Waals surface area contributed by atoms with E-state index in [1.54, 1.807) is 30.6 Å². The molecule has 0 unspecified atom stereocenters. The maximum atomic E-state index is 15.1. The first kappa shape index (κ1) is 34.1. The van der Waals surface area contributed by atoms with E-state index in [4.69, 9.17) is 0 Å². The molecule has 4 heterocycles. The Hall–Kier alpha value is -8.46. The molecule has 1 aliphatic heterocycles. The molecule has 0 fully saturated rings. The minimum Gasteiger partial charge on any atom is -0.308 e. The number of amides is 2. The summed E-state index contributed by atoms with van der Waals surface area (Å²) in [5.41, 5.74) is 10.9. The number of fused-ring (bicyclic) bond motifs is 4. The molecule has 0 N–H and O–H groups in total. The first-order chi connectivity index (χ1) is 28.5. The molecule has 6 aromatic carbocycles. The van der Waals surface area contributed by atoms with Gasteiger partial charge in [-0.05, 0) is 76.3 Å². The Balaban J connectivity index is 1.20. The Morgan fingerprint density at radius 2 is 0.983 bits per heavy atom. The third-order valence-electron chi connectivity index (χ3n) is 10.7. The summed E-state index contributed by atoms with van der Waals surface area (Å²) >= 11 is 0. The molecule has 0 bridgehead atoms. The number of hydrogen-bond acceptors (Lipinski definition) is 6. The number of imide groups is 1. The zero-order chi connectivity index (χ0) is 39.3. The number of aromatic nitrogens is 3. The Morgan fingerprint density at radius 3 is 1.57 bits per heavy atom. The van der Waals surface area contributed by atoms with Gasteiger partial charge in [0.2, 0.25) is 0 Å². The highest BCUT2D eigenvalue weighted by Gasteiger charge is 2.40. The first-order valence-corrected chi connectivity index (χ1v) is 18.6. The van der Waals surface area contributed by atoms with Crippen molar-refractivity contribution in [3.05, 3.63) is 193 Å². The van der Waals surface area contributed by atoms with Crippen LogP contribution in [0.2, 0.25) is 0 Å². The number of carbonyl (C=O) groups excluding carboxylic acids is 2. The van der Waals surface area contributed by atoms with Crippen molar-refractivity contribution < 1.29 is 9.59 Å². The van der Waals surface area contributed by atoms with Crippen LogP contribution in [-0.2, 0) is 0 Å². The van der Waals surface area contributed by atoms with Gasteiger partial charge in [0.25, 0.3) is 11.8 Å². The van der Waals surface area contributed by atoms with Gasteiger partial charge in [-0.25, -0.2) is 4.90 Å². The molecule has 0 atom stereocenters. The minimum absolute atomic E-state index is 0.287. The van der Waals surface area contributed by atoms with Gasteiger partial charge in [-0.15, -0.1) is 0 Å². The molecular weight excluding hydrogens is 717 g/mol. The number of carbonyl (C=O) groups is 2. The quantitative estimate of drug-likeness (QED) is 0.157. The highest BCUT2D eigenvalue weighted by molar-refractivity contribution is 6.36. The second-order valence-corrected chi connectivity index (χ2v) is 14.1. The number of anilines is 1. The summed E-state index contributed by atoms with van der Waals surface area (Å²) in [6, 6.07) is 51.1. The topological polar surface area (TPSA) is 116 Å². The highest BCUT2D eigenvalue weighted by Crippen LogP contribution is 2.43. The molecule has 0 saturated heterocycles. The molecule has 10 rings (SSSR count). The predicted octanol–water partition coefficient (Wildman–Crippen LogP) is 10.8. The number of nitriles is 2. The lowest BCUT2D eigenvalue weighted by Gasteiger charge is -2.20. The summed E-state index contributed by atoms with van der Waals surface area (Å²) in [4.78, 5) is 39.6. The van der Waals surface area contributed by atoms with E-state index < -0.39 is 11.8 Å². The van der Waals surface area contributed by atoms with Crippen LogP contribution in [0.4, 0.5) is 5.69 Å². The summed E-state index contributed by atoms with van der Waals surface area (Å²) in [6.07, 6.45) is 6.49. The van der Waals surface area contributed by atoms with Crippen molar-refractivity contribution in [2.75, 3.05) is 4.90 Å². The largest absolute Gasteiger partial charge is 0.308 e. The van der Waals surface area contributed by atoms with E-state index in [2.05, 4.69) is 22.1 Å². The van der Waals surface area contributed by atoms with Crippen LogP contribution < -0.4 is 4.90 Å². The molecule has 9 aromatic rings. The van der Waals surface area contributed by atoms with Crippen molar-refractivity contribution in [1.29, 1.82) is 10.5 Å². The Labute approximate surface area is 332 Å². The zero-order valence-electron chi connectivity index (χ0n) is 30.7. The SMILES string of the molecule is N#Cc1cncc(-c2ccc3c4ccc(-c5cncc(C#N)c5)cc4n(-c4cccc5c4C(=O)N(c4ccc(-c6ccccc6)cc4-c4ccccc4)C5=O)c3c2)c1. The summed E-state index contributed by atoms with van der Waals surface area (Å²) in [5, 5.41) is 21.1. The standard InChI is InChI=1S/C50H28N6O2/c51-25-31-20-38(29-53-27-31)36-14-17-40-41-18-15-37(39-21-32(26-52)28-54-30-39)24-47(41)55(46(40)23-36)45-13-7-12-42-48(45)50(58)56(49(42)57)44-19-16-35(33-8-3-1-4-9-33)22-43(44)34-10-5-2-6-11-34/h1-24,27-30H. The van der Waals surface area contributed by atoms with Crippen LogP contribution >= 0.6 is 0 Å². The molecule has 0 aliphatic carbocycles. The zero-order valence-corrected chi connectivity index (χ0v) is 30.7. The average Bonchev–Trinajstić information content (AvgIpc) is 3.75. The maximum Gasteiger partial charge on any atom is 0.268 e. The first-order valence-electron chi connectivity index (χ1n) is 18.6. The van der Waals surface area contributed by atoms with E-state index in [9.17, 15) is 15.3 Å². The van der Waals surface area contributed by atoms with Crippen LogP contribution in [0, 0.1) is 22.7 Å². The van der Waals surface area contributed by atoms with Crippen molar-refractivity contribution in [3.8, 4) is 62.3 Å². The number of benzene rings is 6. The van der Waals surface area contributed by atoms with Gasteiger partial charge in [-0.3, -0.25) is 19.6 Å². The Bertz CT molecular complexity index is 3130. The van der Waals surface area contributed by atoms with Gasteiger partial charge in [0.05, 0.1) is 44.7 Å². The molecule has 8 heteroatoms. The van der Waals surface area contributed by atoms with Gasteiger partial charge in [0, 0.05) is 52.3 Å². The molecule has 0 saturated carbocycles. The van der Waals surface area contributed by atoms with E-state index in [-0.39, 0.29) is 5.56 Å². The van der Waals surface area contributed by atoms with Gasteiger partial charge < -0.3 is 4.57 Å². The van der Waals surface area contributed by atoms with Crippen LogP contribution in [0.1, 0.15) is 31.8 Å². The normalized spacial score (nSPS) is 12.1. The van der Waals surface area contributed by atoms with Crippen molar-refractivity contribution >= 4 is 39.3 Å². The summed E-state index contributed by atoms with van der Waals surface area (Å²) in [7, 11) is 0. The Kier molecular flexibility index (Phi) is 8.04. The Morgan fingerprint density at radius 1 is 0.431 bits per heavy atom. The fourth-order valence-corrected chi connectivity index (χ4v) is 8.02. The highest BCUT2D eigenvalue weighted by atomic mass is 16.2. The van der Waals surface area contributed by atoms with Crippen molar-refractivity contribution in [2.45, 2.75) is 0 Å². The van der Waals surface area contributed by atoms with Crippen LogP contribution in [-0.4, -0.2) is 26.3 Å². The van der Waals surface area contributed by atoms with E-state index in [0.717, 1.165) is 66.3 Å². The fraction of sp³-hybridized carbons (Fsp3) is 0. The lowest BCUT2D eigenvalue weighted by atomic mass is 9.97. The van der Waals surface area contributed by atoms with E-state index in [1.807, 2.05) is 132 Å². The molecule has 0 spiro atoms. The van der Waals surface area contributed by atoms with Gasteiger partial charge >= 0.3 is 0 Å². The molecule has 1 aliphatic rings. The van der Waals surface area contributed by atoms with Crippen LogP contribution in [0.25, 0.3) is 72.0 Å². The van der Waals surface area contributed by atoms with Crippen LogP contribution in [0.3, 0.4) is 0 Å². The lowest BCUT2D eigenvalue weighted by molar-refractivity contribution is 0.0926. The van der Waals surface area contributed by atoms with Gasteiger partial charge in [0.1, 0.15) is 12.1 Å². The molecule has 58 heavy (non-hydrogen) atoms.